The average Bonchev–Trinajstić information content (AvgIpc) is 3.11. The number of halogens is 3. The van der Waals surface area contributed by atoms with E-state index in [9.17, 15) is 14.0 Å². The van der Waals surface area contributed by atoms with Crippen LogP contribution in [0, 0.1) is 12.7 Å². The van der Waals surface area contributed by atoms with Crippen LogP contribution >= 0.6 is 35.0 Å². The van der Waals surface area contributed by atoms with E-state index < -0.39 is 0 Å². The number of benzene rings is 3. The van der Waals surface area contributed by atoms with Crippen LogP contribution < -0.4 is 10.2 Å². The number of thioether (sulfide) groups is 1. The fraction of sp³-hybridized carbons (Fsp3) is 0.130. The third-order valence-corrected chi connectivity index (χ3v) is 6.67. The van der Waals surface area contributed by atoms with Gasteiger partial charge in [0.1, 0.15) is 11.2 Å². The lowest BCUT2D eigenvalue weighted by Gasteiger charge is -2.25. The fourth-order valence-electron chi connectivity index (χ4n) is 3.32. The van der Waals surface area contributed by atoms with Crippen LogP contribution in [0.25, 0.3) is 0 Å². The van der Waals surface area contributed by atoms with E-state index in [1.807, 2.05) is 6.07 Å². The molecule has 0 bridgehead atoms. The fourth-order valence-corrected chi connectivity index (χ4v) is 4.98. The molecule has 4 nitrogen and oxygen atoms in total. The lowest BCUT2D eigenvalue weighted by Crippen LogP contribution is -2.28. The van der Waals surface area contributed by atoms with Gasteiger partial charge in [-0.05, 0) is 60.5 Å². The lowest BCUT2D eigenvalue weighted by atomic mass is 10.1. The highest BCUT2D eigenvalue weighted by molar-refractivity contribution is 8.00. The number of carbonyl (C=O) groups is 2. The number of carbonyl (C=O) groups excluding carboxylic acids is 2. The van der Waals surface area contributed by atoms with E-state index in [1.54, 1.807) is 54.3 Å². The molecular formula is C23H17Cl2FN2O2S. The van der Waals surface area contributed by atoms with Gasteiger partial charge in [-0.2, -0.15) is 0 Å². The van der Waals surface area contributed by atoms with Crippen molar-refractivity contribution in [2.24, 2.45) is 0 Å². The smallest absolute Gasteiger partial charge is 0.257 e. The highest BCUT2D eigenvalue weighted by Crippen LogP contribution is 2.42. The molecule has 0 unspecified atom stereocenters. The van der Waals surface area contributed by atoms with Crippen LogP contribution in [0.3, 0.4) is 0 Å². The number of nitrogens with one attached hydrogen (secondary N) is 1. The zero-order valence-electron chi connectivity index (χ0n) is 16.4. The molecule has 0 aromatic heterocycles. The maximum Gasteiger partial charge on any atom is 0.257 e. The molecule has 3 aromatic rings. The zero-order valence-corrected chi connectivity index (χ0v) is 18.7. The Morgan fingerprint density at radius 3 is 2.68 bits per heavy atom. The van der Waals surface area contributed by atoms with E-state index in [-0.39, 0.29) is 33.8 Å². The van der Waals surface area contributed by atoms with Crippen LogP contribution in [0.1, 0.15) is 26.9 Å². The summed E-state index contributed by atoms with van der Waals surface area (Å²) in [6.45, 7) is 1.68. The summed E-state index contributed by atoms with van der Waals surface area (Å²) >= 11 is 13.5. The minimum absolute atomic E-state index is 0.0966. The number of aryl methyl sites for hydroxylation is 1. The van der Waals surface area contributed by atoms with Crippen LogP contribution in [0.15, 0.2) is 60.7 Å². The second-order valence-corrected chi connectivity index (χ2v) is 8.98. The molecule has 1 heterocycles. The van der Waals surface area contributed by atoms with E-state index in [4.69, 9.17) is 23.2 Å². The molecule has 1 aliphatic heterocycles. The van der Waals surface area contributed by atoms with E-state index in [1.165, 1.54) is 23.9 Å². The van der Waals surface area contributed by atoms with Crippen molar-refractivity contribution in [1.29, 1.82) is 0 Å². The zero-order chi connectivity index (χ0) is 22.1. The molecule has 2 amide bonds. The van der Waals surface area contributed by atoms with Crippen LogP contribution in [-0.4, -0.2) is 17.6 Å². The molecule has 1 atom stereocenters. The Morgan fingerprint density at radius 1 is 1.13 bits per heavy atom. The van der Waals surface area contributed by atoms with Gasteiger partial charge in [0.05, 0.1) is 16.3 Å². The molecule has 0 radical (unpaired) electrons. The number of hydrogen-bond donors (Lipinski definition) is 1. The summed E-state index contributed by atoms with van der Waals surface area (Å²) in [7, 11) is 0. The minimum atomic E-state index is -0.369. The Labute approximate surface area is 193 Å². The van der Waals surface area contributed by atoms with Gasteiger partial charge in [-0.1, -0.05) is 41.4 Å². The average molecular weight is 475 g/mol. The van der Waals surface area contributed by atoms with E-state index in [0.717, 1.165) is 5.56 Å². The standard InChI is InChI=1S/C23H17Cl2FN2O2S/c1-13-5-7-17(11-20(13)26)28-21(29)12-31-23(28)14-3-2-4-16(9-14)27-22(30)18-8-6-15(24)10-19(18)25/h2-11,23H,12H2,1H3,(H,27,30)/t23-/m1/s1. The second-order valence-electron chi connectivity index (χ2n) is 7.06. The van der Waals surface area contributed by atoms with Crippen LogP contribution in [0.4, 0.5) is 15.8 Å². The maximum atomic E-state index is 14.1. The van der Waals surface area contributed by atoms with Gasteiger partial charge < -0.3 is 5.32 Å². The van der Waals surface area contributed by atoms with Crippen LogP contribution in [0.2, 0.25) is 10.0 Å². The summed E-state index contributed by atoms with van der Waals surface area (Å²) in [5, 5.41) is 3.20. The van der Waals surface area contributed by atoms with Gasteiger partial charge in [0.25, 0.3) is 5.91 Å². The molecule has 1 aliphatic rings. The Hall–Kier alpha value is -2.54. The molecule has 1 N–H and O–H groups in total. The normalized spacial score (nSPS) is 15.9. The summed E-state index contributed by atoms with van der Waals surface area (Å²) in [6, 6.07) is 16.7. The van der Waals surface area contributed by atoms with Gasteiger partial charge in [0.15, 0.2) is 0 Å². The SMILES string of the molecule is Cc1ccc(N2C(=O)CS[C@@H]2c2cccc(NC(=O)c3ccc(Cl)cc3Cl)c2)cc1F. The molecule has 8 heteroatoms. The van der Waals surface area contributed by atoms with Crippen molar-refractivity contribution in [1.82, 2.24) is 0 Å². The van der Waals surface area contributed by atoms with E-state index >= 15 is 0 Å². The second kappa shape index (κ2) is 8.91. The van der Waals surface area contributed by atoms with Crippen molar-refractivity contribution in [3.05, 3.63) is 93.2 Å². The Balaban J connectivity index is 1.60. The predicted molar refractivity (Wildman–Crippen MR) is 125 cm³/mol. The molecule has 1 saturated heterocycles. The van der Waals surface area contributed by atoms with Crippen LogP contribution in [-0.2, 0) is 4.79 Å². The number of rotatable bonds is 4. The topological polar surface area (TPSA) is 49.4 Å². The molecule has 158 valence electrons. The van der Waals surface area contributed by atoms with Crippen LogP contribution in [0.5, 0.6) is 0 Å². The Morgan fingerprint density at radius 2 is 1.94 bits per heavy atom. The van der Waals surface area contributed by atoms with Crippen molar-refractivity contribution in [2.45, 2.75) is 12.3 Å². The first-order valence-electron chi connectivity index (χ1n) is 9.39. The number of amides is 2. The summed E-state index contributed by atoms with van der Waals surface area (Å²) in [6.07, 6.45) is 0. The molecule has 1 fully saturated rings. The van der Waals surface area contributed by atoms with Crippen molar-refractivity contribution in [3.63, 3.8) is 0 Å². The van der Waals surface area contributed by atoms with E-state index in [0.29, 0.717) is 27.5 Å². The quantitative estimate of drug-likeness (QED) is 0.471. The first-order valence-corrected chi connectivity index (χ1v) is 11.2. The number of anilines is 2. The first kappa shape index (κ1) is 21.7. The maximum absolute atomic E-state index is 14.1. The minimum Gasteiger partial charge on any atom is -0.322 e. The highest BCUT2D eigenvalue weighted by atomic mass is 35.5. The van der Waals surface area contributed by atoms with Gasteiger partial charge in [0.2, 0.25) is 5.91 Å². The third kappa shape index (κ3) is 4.56. The monoisotopic (exact) mass is 474 g/mol. The molecule has 0 aliphatic carbocycles. The van der Waals surface area contributed by atoms with Crippen molar-refractivity contribution < 1.29 is 14.0 Å². The highest BCUT2D eigenvalue weighted by Gasteiger charge is 2.34. The van der Waals surface area contributed by atoms with Gasteiger partial charge in [0, 0.05) is 16.4 Å². The summed E-state index contributed by atoms with van der Waals surface area (Å²) < 4.78 is 14.1. The van der Waals surface area contributed by atoms with Gasteiger partial charge in [-0.3, -0.25) is 14.5 Å². The van der Waals surface area contributed by atoms with Gasteiger partial charge in [-0.15, -0.1) is 11.8 Å². The predicted octanol–water partition coefficient (Wildman–Crippen LogP) is 6.47. The number of hydrogen-bond acceptors (Lipinski definition) is 3. The molecule has 31 heavy (non-hydrogen) atoms. The molecular weight excluding hydrogens is 458 g/mol. The Kier molecular flexibility index (Phi) is 6.23. The largest absolute Gasteiger partial charge is 0.322 e. The molecule has 4 rings (SSSR count). The summed E-state index contributed by atoms with van der Waals surface area (Å²) in [4.78, 5) is 26.8. The van der Waals surface area contributed by atoms with E-state index in [2.05, 4.69) is 5.32 Å². The molecule has 3 aromatic carbocycles. The first-order chi connectivity index (χ1) is 14.8. The van der Waals surface area contributed by atoms with Gasteiger partial charge >= 0.3 is 0 Å². The summed E-state index contributed by atoms with van der Waals surface area (Å²) in [5.41, 5.74) is 2.70. The van der Waals surface area contributed by atoms with Crippen molar-refractivity contribution in [3.8, 4) is 0 Å². The van der Waals surface area contributed by atoms with Crippen molar-refractivity contribution >= 4 is 58.2 Å². The molecule has 0 spiro atoms. The number of nitrogens with zero attached hydrogens (tertiary/aromatic N) is 1. The molecule has 0 saturated carbocycles. The van der Waals surface area contributed by atoms with Gasteiger partial charge in [-0.25, -0.2) is 4.39 Å². The Bertz CT molecular complexity index is 1190. The lowest BCUT2D eigenvalue weighted by molar-refractivity contribution is -0.115. The summed E-state index contributed by atoms with van der Waals surface area (Å²) in [5.74, 6) is -0.536. The third-order valence-electron chi connectivity index (χ3n) is 4.91. The van der Waals surface area contributed by atoms with Crippen molar-refractivity contribution in [2.75, 3.05) is 16.0 Å².